The Morgan fingerprint density at radius 3 is 2.79 bits per heavy atom. The van der Waals surface area contributed by atoms with Gasteiger partial charge in [-0.2, -0.15) is 0 Å². The minimum Gasteiger partial charge on any atom is -0.357 e. The lowest BCUT2D eigenvalue weighted by Crippen LogP contribution is -2.43. The summed E-state index contributed by atoms with van der Waals surface area (Å²) in [5.41, 5.74) is 1.20. The second kappa shape index (κ2) is 10.5. The van der Waals surface area contributed by atoms with E-state index < -0.39 is 0 Å². The van der Waals surface area contributed by atoms with E-state index in [4.69, 9.17) is 4.99 Å². The second-order valence-corrected chi connectivity index (χ2v) is 8.90. The Hall–Kier alpha value is -2.08. The Labute approximate surface area is 173 Å². The number of piperidine rings is 1. The van der Waals surface area contributed by atoms with Crippen molar-refractivity contribution in [1.29, 1.82) is 0 Å². The molecule has 152 valence electrons. The van der Waals surface area contributed by atoms with Crippen molar-refractivity contribution in [2.24, 2.45) is 4.99 Å². The molecule has 2 aromatic heterocycles. The number of nitrogens with one attached hydrogen (secondary N) is 2. The van der Waals surface area contributed by atoms with E-state index in [9.17, 15) is 0 Å². The normalized spacial score (nSPS) is 16.1. The average molecular weight is 400 g/mol. The molecule has 1 aliphatic heterocycles. The molecular weight excluding hydrogens is 366 g/mol. The first-order valence-electron chi connectivity index (χ1n) is 10.4. The maximum Gasteiger partial charge on any atom is 0.191 e. The van der Waals surface area contributed by atoms with Crippen LogP contribution >= 0.6 is 11.3 Å². The van der Waals surface area contributed by atoms with Gasteiger partial charge in [0.05, 0.1) is 6.54 Å². The smallest absolute Gasteiger partial charge is 0.191 e. The van der Waals surface area contributed by atoms with Crippen molar-refractivity contribution in [3.8, 4) is 0 Å². The van der Waals surface area contributed by atoms with E-state index in [1.165, 1.54) is 34.6 Å². The monoisotopic (exact) mass is 399 g/mol. The number of aliphatic imine (C=N–C) groups is 1. The van der Waals surface area contributed by atoms with Crippen LogP contribution in [-0.4, -0.2) is 36.6 Å². The van der Waals surface area contributed by atoms with Crippen LogP contribution in [-0.2, 0) is 13.0 Å². The van der Waals surface area contributed by atoms with E-state index in [2.05, 4.69) is 65.6 Å². The number of anilines is 1. The van der Waals surface area contributed by atoms with Gasteiger partial charge in [-0.25, -0.2) is 9.98 Å². The molecule has 0 radical (unpaired) electrons. The molecule has 3 heterocycles. The first kappa shape index (κ1) is 20.6. The zero-order valence-corrected chi connectivity index (χ0v) is 18.2. The summed E-state index contributed by atoms with van der Waals surface area (Å²) < 4.78 is 0. The van der Waals surface area contributed by atoms with Crippen molar-refractivity contribution in [3.63, 3.8) is 0 Å². The van der Waals surface area contributed by atoms with Crippen LogP contribution in [0.3, 0.4) is 0 Å². The lowest BCUT2D eigenvalue weighted by Gasteiger charge is -2.27. The van der Waals surface area contributed by atoms with Crippen LogP contribution in [0, 0.1) is 6.92 Å². The number of pyridine rings is 1. The molecule has 1 fully saturated rings. The number of rotatable bonds is 7. The van der Waals surface area contributed by atoms with Gasteiger partial charge in [-0.1, -0.05) is 0 Å². The number of hydrogen-bond donors (Lipinski definition) is 2. The minimum absolute atomic E-state index is 0.331. The van der Waals surface area contributed by atoms with E-state index in [-0.39, 0.29) is 0 Å². The SMILES string of the molecule is CCNC(=NCc1ccnc(N2CCCCC2)c1)NC(C)Cc1ccc(C)s1. The molecule has 3 rings (SSSR count). The van der Waals surface area contributed by atoms with Crippen molar-refractivity contribution in [3.05, 3.63) is 45.8 Å². The highest BCUT2D eigenvalue weighted by Gasteiger charge is 2.12. The molecule has 0 bridgehead atoms. The van der Waals surface area contributed by atoms with Crippen LogP contribution in [0.25, 0.3) is 0 Å². The summed E-state index contributed by atoms with van der Waals surface area (Å²) in [6.45, 7) is 10.2. The Kier molecular flexibility index (Phi) is 7.71. The van der Waals surface area contributed by atoms with E-state index in [1.807, 2.05) is 17.5 Å². The summed E-state index contributed by atoms with van der Waals surface area (Å²) in [5, 5.41) is 6.91. The van der Waals surface area contributed by atoms with Gasteiger partial charge in [-0.05, 0) is 69.9 Å². The Morgan fingerprint density at radius 1 is 1.25 bits per heavy atom. The molecule has 1 saturated heterocycles. The first-order valence-corrected chi connectivity index (χ1v) is 11.3. The van der Waals surface area contributed by atoms with Gasteiger partial charge in [-0.15, -0.1) is 11.3 Å². The summed E-state index contributed by atoms with van der Waals surface area (Å²) in [7, 11) is 0. The summed E-state index contributed by atoms with van der Waals surface area (Å²) >= 11 is 1.87. The van der Waals surface area contributed by atoms with Crippen LogP contribution in [0.2, 0.25) is 0 Å². The summed E-state index contributed by atoms with van der Waals surface area (Å²) in [6, 6.07) is 9.00. The number of nitrogens with zero attached hydrogens (tertiary/aromatic N) is 3. The van der Waals surface area contributed by atoms with E-state index in [1.54, 1.807) is 0 Å². The highest BCUT2D eigenvalue weighted by atomic mass is 32.1. The minimum atomic E-state index is 0.331. The lowest BCUT2D eigenvalue weighted by molar-refractivity contribution is 0.573. The Balaban J connectivity index is 1.60. The fraction of sp³-hybridized carbons (Fsp3) is 0.545. The van der Waals surface area contributed by atoms with Crippen molar-refractivity contribution in [2.45, 2.75) is 59.0 Å². The third-order valence-corrected chi connectivity index (χ3v) is 5.96. The molecule has 0 spiro atoms. The summed E-state index contributed by atoms with van der Waals surface area (Å²) in [6.07, 6.45) is 6.79. The lowest BCUT2D eigenvalue weighted by atomic mass is 10.1. The molecule has 5 nitrogen and oxygen atoms in total. The summed E-state index contributed by atoms with van der Waals surface area (Å²) in [4.78, 5) is 14.5. The van der Waals surface area contributed by atoms with Gasteiger partial charge in [0.15, 0.2) is 5.96 Å². The number of hydrogen-bond acceptors (Lipinski definition) is 4. The molecule has 1 atom stereocenters. The van der Waals surface area contributed by atoms with Gasteiger partial charge in [0.25, 0.3) is 0 Å². The van der Waals surface area contributed by atoms with E-state index in [0.717, 1.165) is 37.8 Å². The van der Waals surface area contributed by atoms with Crippen LogP contribution in [0.15, 0.2) is 35.5 Å². The van der Waals surface area contributed by atoms with Gasteiger partial charge in [-0.3, -0.25) is 0 Å². The topological polar surface area (TPSA) is 52.6 Å². The maximum absolute atomic E-state index is 4.81. The Bertz CT molecular complexity index is 764. The largest absolute Gasteiger partial charge is 0.357 e. The molecule has 0 saturated carbocycles. The molecular formula is C22H33N5S. The van der Waals surface area contributed by atoms with Gasteiger partial charge >= 0.3 is 0 Å². The second-order valence-electron chi connectivity index (χ2n) is 7.53. The number of thiophene rings is 1. The van der Waals surface area contributed by atoms with Gasteiger partial charge in [0.1, 0.15) is 5.82 Å². The maximum atomic E-state index is 4.81. The third-order valence-electron chi connectivity index (χ3n) is 4.94. The summed E-state index contributed by atoms with van der Waals surface area (Å²) in [5.74, 6) is 1.96. The van der Waals surface area contributed by atoms with Gasteiger partial charge in [0.2, 0.25) is 0 Å². The molecule has 0 amide bonds. The number of guanidine groups is 1. The van der Waals surface area contributed by atoms with Gasteiger partial charge in [0, 0.05) is 48.0 Å². The van der Waals surface area contributed by atoms with Crippen LogP contribution < -0.4 is 15.5 Å². The third kappa shape index (κ3) is 6.23. The quantitative estimate of drug-likeness (QED) is 0.543. The van der Waals surface area contributed by atoms with Crippen LogP contribution in [0.4, 0.5) is 5.82 Å². The van der Waals surface area contributed by atoms with Gasteiger partial charge < -0.3 is 15.5 Å². The molecule has 6 heteroatoms. The van der Waals surface area contributed by atoms with Crippen LogP contribution in [0.1, 0.15) is 48.4 Å². The molecule has 28 heavy (non-hydrogen) atoms. The average Bonchev–Trinajstić information content (AvgIpc) is 3.11. The standard InChI is InChI=1S/C22H33N5S/c1-4-23-22(26-17(2)14-20-9-8-18(3)28-20)25-16-19-10-11-24-21(15-19)27-12-6-5-7-13-27/h8-11,15,17H,4-7,12-14,16H2,1-3H3,(H2,23,25,26). The van der Waals surface area contributed by atoms with Crippen molar-refractivity contribution >= 4 is 23.1 Å². The number of aryl methyl sites for hydroxylation is 1. The zero-order valence-electron chi connectivity index (χ0n) is 17.4. The number of aromatic nitrogens is 1. The molecule has 0 aromatic carbocycles. The fourth-order valence-electron chi connectivity index (χ4n) is 3.53. The fourth-order valence-corrected chi connectivity index (χ4v) is 4.55. The predicted octanol–water partition coefficient (Wildman–Crippen LogP) is 4.13. The zero-order chi connectivity index (χ0) is 19.8. The molecule has 2 aromatic rings. The molecule has 0 aliphatic carbocycles. The van der Waals surface area contributed by atoms with E-state index in [0.29, 0.717) is 12.6 Å². The van der Waals surface area contributed by atoms with Crippen LogP contribution in [0.5, 0.6) is 0 Å². The highest BCUT2D eigenvalue weighted by molar-refractivity contribution is 7.11. The Morgan fingerprint density at radius 2 is 2.07 bits per heavy atom. The van der Waals surface area contributed by atoms with Crippen molar-refractivity contribution in [2.75, 3.05) is 24.5 Å². The van der Waals surface area contributed by atoms with Crippen molar-refractivity contribution < 1.29 is 0 Å². The molecule has 2 N–H and O–H groups in total. The highest BCUT2D eigenvalue weighted by Crippen LogP contribution is 2.19. The predicted molar refractivity (Wildman–Crippen MR) is 120 cm³/mol. The molecule has 1 aliphatic rings. The molecule has 1 unspecified atom stereocenters. The van der Waals surface area contributed by atoms with Crippen molar-refractivity contribution in [1.82, 2.24) is 15.6 Å². The first-order chi connectivity index (χ1) is 13.6. The van der Waals surface area contributed by atoms with E-state index >= 15 is 0 Å².